The molecule has 1 N–H and O–H groups in total. The van der Waals surface area contributed by atoms with Crippen LogP contribution in [-0.2, 0) is 11.5 Å². The second kappa shape index (κ2) is 7.11. The number of aryl methyl sites for hydroxylation is 2. The maximum atomic E-state index is 12.2. The first-order chi connectivity index (χ1) is 11.1. The zero-order valence-electron chi connectivity index (χ0n) is 13.3. The van der Waals surface area contributed by atoms with Gasteiger partial charge < -0.3 is 4.98 Å². The highest BCUT2D eigenvalue weighted by atomic mass is 32.2. The molecule has 2 heterocycles. The second-order valence-corrected chi connectivity index (χ2v) is 8.39. The number of aromatic nitrogens is 2. The topological polar surface area (TPSA) is 45.8 Å². The molecule has 0 saturated carbocycles. The Bertz CT molecular complexity index is 881. The highest BCUT2D eigenvalue weighted by Crippen LogP contribution is 2.26. The van der Waals surface area contributed by atoms with Gasteiger partial charge in [0.05, 0.1) is 11.1 Å². The third-order valence-electron chi connectivity index (χ3n) is 3.75. The lowest BCUT2D eigenvalue weighted by Gasteiger charge is -2.03. The van der Waals surface area contributed by atoms with Crippen LogP contribution >= 0.6 is 34.9 Å². The molecule has 0 amide bonds. The van der Waals surface area contributed by atoms with E-state index in [2.05, 4.69) is 40.5 Å². The average molecular weight is 363 g/mol. The van der Waals surface area contributed by atoms with E-state index in [9.17, 15) is 4.79 Å². The molecule has 0 aliphatic rings. The van der Waals surface area contributed by atoms with Gasteiger partial charge in [-0.25, -0.2) is 4.98 Å². The molecule has 3 rings (SSSR count). The number of aromatic amines is 1. The molecule has 3 aromatic rings. The van der Waals surface area contributed by atoms with Crippen LogP contribution in [0.3, 0.4) is 0 Å². The number of rotatable bonds is 5. The summed E-state index contributed by atoms with van der Waals surface area (Å²) >= 11 is 5.11. The van der Waals surface area contributed by atoms with Gasteiger partial charge in [-0.2, -0.15) is 0 Å². The predicted octanol–water partition coefficient (Wildman–Crippen LogP) is 4.76. The first kappa shape index (κ1) is 16.6. The fourth-order valence-corrected chi connectivity index (χ4v) is 4.67. The van der Waals surface area contributed by atoms with E-state index < -0.39 is 0 Å². The molecule has 1 aromatic carbocycles. The lowest BCUT2D eigenvalue weighted by atomic mass is 10.2. The highest BCUT2D eigenvalue weighted by Gasteiger charge is 2.11. The van der Waals surface area contributed by atoms with E-state index in [-0.39, 0.29) is 5.56 Å². The minimum absolute atomic E-state index is 0.0169. The number of hydrogen-bond donors (Lipinski definition) is 1. The number of fused-ring (bicyclic) bond motifs is 1. The van der Waals surface area contributed by atoms with E-state index in [1.54, 1.807) is 34.9 Å². The fraction of sp³-hybridized carbons (Fsp3) is 0.294. The second-order valence-electron chi connectivity index (χ2n) is 5.32. The maximum Gasteiger partial charge on any atom is 0.259 e. The van der Waals surface area contributed by atoms with Crippen LogP contribution in [0.4, 0.5) is 0 Å². The molecule has 0 saturated heterocycles. The van der Waals surface area contributed by atoms with Gasteiger partial charge in [-0.15, -0.1) is 34.9 Å². The largest absolute Gasteiger partial charge is 0.309 e. The van der Waals surface area contributed by atoms with Crippen molar-refractivity contribution in [3.05, 3.63) is 56.4 Å². The minimum atomic E-state index is -0.0169. The Labute approximate surface area is 147 Å². The van der Waals surface area contributed by atoms with Crippen molar-refractivity contribution in [1.29, 1.82) is 0 Å². The summed E-state index contributed by atoms with van der Waals surface area (Å²) in [6.07, 6.45) is 2.08. The van der Waals surface area contributed by atoms with Crippen LogP contribution in [0.25, 0.3) is 10.2 Å². The summed E-state index contributed by atoms with van der Waals surface area (Å²) < 4.78 is 0. The minimum Gasteiger partial charge on any atom is -0.309 e. The van der Waals surface area contributed by atoms with Crippen LogP contribution in [0.15, 0.2) is 34.0 Å². The molecule has 23 heavy (non-hydrogen) atoms. The van der Waals surface area contributed by atoms with Gasteiger partial charge in [0, 0.05) is 15.5 Å². The number of benzene rings is 1. The van der Waals surface area contributed by atoms with Crippen LogP contribution < -0.4 is 5.56 Å². The van der Waals surface area contributed by atoms with E-state index in [0.717, 1.165) is 32.2 Å². The van der Waals surface area contributed by atoms with E-state index in [1.807, 2.05) is 13.8 Å². The van der Waals surface area contributed by atoms with Gasteiger partial charge in [-0.3, -0.25) is 4.79 Å². The Kier molecular flexibility index (Phi) is 5.14. The molecule has 0 bridgehead atoms. The number of hydrogen-bond acceptors (Lipinski definition) is 5. The smallest absolute Gasteiger partial charge is 0.259 e. The van der Waals surface area contributed by atoms with Gasteiger partial charge in [0.15, 0.2) is 0 Å². The highest BCUT2D eigenvalue weighted by molar-refractivity contribution is 7.98. The van der Waals surface area contributed by atoms with Crippen molar-refractivity contribution in [2.24, 2.45) is 0 Å². The average Bonchev–Trinajstić information content (AvgIpc) is 2.83. The monoisotopic (exact) mass is 362 g/mol. The van der Waals surface area contributed by atoms with Crippen molar-refractivity contribution >= 4 is 45.1 Å². The standard InChI is InChI=1S/C17H18N2OS3/c1-10-11(2)23-17-15(10)16(20)18-14(19-17)9-22-8-12-4-6-13(21-3)7-5-12/h4-7H,8-9H2,1-3H3,(H,18,19,20). The van der Waals surface area contributed by atoms with E-state index in [4.69, 9.17) is 0 Å². The van der Waals surface area contributed by atoms with E-state index in [0.29, 0.717) is 5.75 Å². The quantitative estimate of drug-likeness (QED) is 0.665. The fourth-order valence-electron chi connectivity index (χ4n) is 2.35. The summed E-state index contributed by atoms with van der Waals surface area (Å²) in [6, 6.07) is 8.60. The third-order valence-corrected chi connectivity index (χ3v) is 6.61. The molecule has 0 aliphatic carbocycles. The zero-order chi connectivity index (χ0) is 16.4. The van der Waals surface area contributed by atoms with Gasteiger partial charge in [-0.05, 0) is 43.4 Å². The van der Waals surface area contributed by atoms with E-state index in [1.165, 1.54) is 10.5 Å². The van der Waals surface area contributed by atoms with Crippen LogP contribution in [0.1, 0.15) is 21.8 Å². The Morgan fingerprint density at radius 3 is 2.61 bits per heavy atom. The van der Waals surface area contributed by atoms with Gasteiger partial charge >= 0.3 is 0 Å². The summed E-state index contributed by atoms with van der Waals surface area (Å²) in [5.41, 5.74) is 2.32. The van der Waals surface area contributed by atoms with Crippen molar-refractivity contribution in [3.63, 3.8) is 0 Å². The molecule has 120 valence electrons. The summed E-state index contributed by atoms with van der Waals surface area (Å²) in [7, 11) is 0. The normalized spacial score (nSPS) is 11.3. The van der Waals surface area contributed by atoms with E-state index >= 15 is 0 Å². The Morgan fingerprint density at radius 2 is 1.91 bits per heavy atom. The molecule has 0 unspecified atom stereocenters. The van der Waals surface area contributed by atoms with Crippen molar-refractivity contribution in [2.45, 2.75) is 30.2 Å². The van der Waals surface area contributed by atoms with Crippen LogP contribution in [0, 0.1) is 13.8 Å². The Balaban J connectivity index is 1.70. The van der Waals surface area contributed by atoms with Crippen molar-refractivity contribution < 1.29 is 0 Å². The summed E-state index contributed by atoms with van der Waals surface area (Å²) in [5, 5.41) is 0.744. The lowest BCUT2D eigenvalue weighted by molar-refractivity contribution is 1.04. The molecule has 2 aromatic heterocycles. The number of nitrogens with zero attached hydrogens (tertiary/aromatic N) is 1. The molecular weight excluding hydrogens is 344 g/mol. The summed E-state index contributed by atoms with van der Waals surface area (Å²) in [6.45, 7) is 4.02. The molecule has 0 atom stereocenters. The Morgan fingerprint density at radius 1 is 1.17 bits per heavy atom. The van der Waals surface area contributed by atoms with Gasteiger partial charge in [-0.1, -0.05) is 12.1 Å². The summed E-state index contributed by atoms with van der Waals surface area (Å²) in [5.74, 6) is 2.39. The molecular formula is C17H18N2OS3. The van der Waals surface area contributed by atoms with Crippen molar-refractivity contribution in [2.75, 3.05) is 6.26 Å². The van der Waals surface area contributed by atoms with Crippen molar-refractivity contribution in [3.8, 4) is 0 Å². The molecule has 0 spiro atoms. The SMILES string of the molecule is CSc1ccc(CSCc2nc3sc(C)c(C)c3c(=O)[nH]2)cc1. The van der Waals surface area contributed by atoms with Crippen LogP contribution in [0.5, 0.6) is 0 Å². The van der Waals surface area contributed by atoms with Gasteiger partial charge in [0.1, 0.15) is 10.7 Å². The third kappa shape index (κ3) is 3.65. The van der Waals surface area contributed by atoms with Crippen LogP contribution in [0.2, 0.25) is 0 Å². The van der Waals surface area contributed by atoms with Gasteiger partial charge in [0.2, 0.25) is 0 Å². The molecule has 3 nitrogen and oxygen atoms in total. The van der Waals surface area contributed by atoms with Crippen LogP contribution in [-0.4, -0.2) is 16.2 Å². The number of nitrogens with one attached hydrogen (secondary N) is 1. The Hall–Kier alpha value is -1.24. The molecule has 0 aliphatic heterocycles. The molecule has 0 fully saturated rings. The first-order valence-electron chi connectivity index (χ1n) is 7.28. The number of H-pyrrole nitrogens is 1. The molecule has 6 heteroatoms. The van der Waals surface area contributed by atoms with Gasteiger partial charge in [0.25, 0.3) is 5.56 Å². The molecule has 0 radical (unpaired) electrons. The zero-order valence-corrected chi connectivity index (χ0v) is 15.8. The maximum absolute atomic E-state index is 12.2. The lowest BCUT2D eigenvalue weighted by Crippen LogP contribution is -2.10. The number of thiophene rings is 1. The first-order valence-corrected chi connectivity index (χ1v) is 10.5. The predicted molar refractivity (Wildman–Crippen MR) is 103 cm³/mol. The number of thioether (sulfide) groups is 2. The summed E-state index contributed by atoms with van der Waals surface area (Å²) in [4.78, 5) is 23.1. The van der Waals surface area contributed by atoms with Crippen molar-refractivity contribution in [1.82, 2.24) is 9.97 Å².